The number of aromatic nitrogens is 4. The molecular weight excluding hydrogens is 424 g/mol. The summed E-state index contributed by atoms with van der Waals surface area (Å²) in [7, 11) is 3.28. The van der Waals surface area contributed by atoms with Crippen molar-refractivity contribution >= 4 is 45.2 Å². The molecule has 0 radical (unpaired) electrons. The summed E-state index contributed by atoms with van der Waals surface area (Å²) in [4.78, 5) is 34.9. The van der Waals surface area contributed by atoms with E-state index in [2.05, 4.69) is 9.97 Å². The molecule has 0 saturated heterocycles. The van der Waals surface area contributed by atoms with Gasteiger partial charge in [-0.3, -0.25) is 18.7 Å². The van der Waals surface area contributed by atoms with E-state index in [9.17, 15) is 9.59 Å². The summed E-state index contributed by atoms with van der Waals surface area (Å²) < 4.78 is 8.28. The Morgan fingerprint density at radius 1 is 1.03 bits per heavy atom. The molecule has 0 unspecified atom stereocenters. The predicted molar refractivity (Wildman–Crippen MR) is 119 cm³/mol. The summed E-state index contributed by atoms with van der Waals surface area (Å²) in [5, 5.41) is 2.10. The van der Waals surface area contributed by atoms with Crippen LogP contribution in [0.2, 0.25) is 5.02 Å². The SMILES string of the molecule is COCCn1c(SCc2nc3ccccc3c(=O)n2C)nc2cc(Cl)ccc2c1=O. The molecule has 0 amide bonds. The first kappa shape index (κ1) is 20.6. The normalized spacial score (nSPS) is 11.4. The molecule has 0 atom stereocenters. The van der Waals surface area contributed by atoms with Crippen molar-refractivity contribution in [2.24, 2.45) is 7.05 Å². The number of methoxy groups -OCH3 is 1. The first-order valence-corrected chi connectivity index (χ1v) is 10.6. The molecule has 2 aromatic heterocycles. The third-order valence-electron chi connectivity index (χ3n) is 4.81. The van der Waals surface area contributed by atoms with Crippen LogP contribution in [-0.4, -0.2) is 32.8 Å². The number of para-hydroxylation sites is 1. The van der Waals surface area contributed by atoms with Crippen LogP contribution < -0.4 is 11.1 Å². The lowest BCUT2D eigenvalue weighted by atomic mass is 10.2. The average Bonchev–Trinajstić information content (AvgIpc) is 2.74. The van der Waals surface area contributed by atoms with Crippen LogP contribution in [0.3, 0.4) is 0 Å². The van der Waals surface area contributed by atoms with Gasteiger partial charge in [0, 0.05) is 19.2 Å². The van der Waals surface area contributed by atoms with Crippen molar-refractivity contribution in [3.8, 4) is 0 Å². The maximum atomic E-state index is 13.0. The molecule has 4 aromatic rings. The van der Waals surface area contributed by atoms with Crippen molar-refractivity contribution in [3.63, 3.8) is 0 Å². The molecule has 0 bridgehead atoms. The summed E-state index contributed by atoms with van der Waals surface area (Å²) in [6.07, 6.45) is 0. The Morgan fingerprint density at radius 2 is 1.80 bits per heavy atom. The second kappa shape index (κ2) is 8.59. The molecular formula is C21H19ClN4O3S. The summed E-state index contributed by atoms with van der Waals surface area (Å²) >= 11 is 7.44. The molecule has 0 fully saturated rings. The van der Waals surface area contributed by atoms with Crippen molar-refractivity contribution in [2.45, 2.75) is 17.5 Å². The lowest BCUT2D eigenvalue weighted by Crippen LogP contribution is -2.26. The van der Waals surface area contributed by atoms with Crippen molar-refractivity contribution in [2.75, 3.05) is 13.7 Å². The molecule has 154 valence electrons. The van der Waals surface area contributed by atoms with Gasteiger partial charge in [0.05, 0.1) is 40.7 Å². The van der Waals surface area contributed by atoms with Gasteiger partial charge in [-0.2, -0.15) is 0 Å². The van der Waals surface area contributed by atoms with E-state index >= 15 is 0 Å². The van der Waals surface area contributed by atoms with Crippen LogP contribution in [0.5, 0.6) is 0 Å². The molecule has 0 aliphatic heterocycles. The molecule has 2 heterocycles. The summed E-state index contributed by atoms with van der Waals surface area (Å²) in [5.41, 5.74) is 0.915. The molecule has 30 heavy (non-hydrogen) atoms. The highest BCUT2D eigenvalue weighted by Crippen LogP contribution is 2.23. The third-order valence-corrected chi connectivity index (χ3v) is 6.02. The van der Waals surface area contributed by atoms with Gasteiger partial charge in [-0.05, 0) is 30.3 Å². The second-order valence-electron chi connectivity index (χ2n) is 6.70. The minimum atomic E-state index is -0.156. The maximum Gasteiger partial charge on any atom is 0.262 e. The highest BCUT2D eigenvalue weighted by atomic mass is 35.5. The topological polar surface area (TPSA) is 79.0 Å². The van der Waals surface area contributed by atoms with E-state index in [4.69, 9.17) is 16.3 Å². The van der Waals surface area contributed by atoms with E-state index < -0.39 is 0 Å². The second-order valence-corrected chi connectivity index (χ2v) is 8.08. The van der Waals surface area contributed by atoms with Gasteiger partial charge in [-0.1, -0.05) is 35.5 Å². The molecule has 4 rings (SSSR count). The largest absolute Gasteiger partial charge is 0.383 e. The number of ether oxygens (including phenoxy) is 1. The molecule has 0 aliphatic rings. The standard InChI is InChI=1S/C21H19ClN4O3S/c1-25-18(23-16-6-4-3-5-14(16)19(25)27)12-30-21-24-17-11-13(22)7-8-15(17)20(28)26(21)9-10-29-2/h3-8,11H,9-10,12H2,1-2H3. The number of thioether (sulfide) groups is 1. The van der Waals surface area contributed by atoms with Gasteiger partial charge < -0.3 is 4.74 Å². The van der Waals surface area contributed by atoms with Gasteiger partial charge in [0.2, 0.25) is 0 Å². The van der Waals surface area contributed by atoms with Crippen LogP contribution in [0.15, 0.2) is 57.2 Å². The van der Waals surface area contributed by atoms with Crippen molar-refractivity contribution < 1.29 is 4.74 Å². The summed E-state index contributed by atoms with van der Waals surface area (Å²) in [5.74, 6) is 0.977. The zero-order chi connectivity index (χ0) is 21.3. The van der Waals surface area contributed by atoms with Gasteiger partial charge in [-0.15, -0.1) is 0 Å². The number of benzene rings is 2. The molecule has 0 saturated carbocycles. The van der Waals surface area contributed by atoms with Crippen molar-refractivity contribution in [1.82, 2.24) is 19.1 Å². The summed E-state index contributed by atoms with van der Waals surface area (Å²) in [6, 6.07) is 12.3. The van der Waals surface area contributed by atoms with Crippen LogP contribution in [0.1, 0.15) is 5.82 Å². The first-order chi connectivity index (χ1) is 14.5. The van der Waals surface area contributed by atoms with Gasteiger partial charge in [0.25, 0.3) is 11.1 Å². The van der Waals surface area contributed by atoms with Crippen LogP contribution in [0.25, 0.3) is 21.8 Å². The Labute approximate surface area is 181 Å². The van der Waals surface area contributed by atoms with E-state index in [0.29, 0.717) is 56.7 Å². The Balaban J connectivity index is 1.76. The summed E-state index contributed by atoms with van der Waals surface area (Å²) in [6.45, 7) is 0.744. The monoisotopic (exact) mass is 442 g/mol. The third kappa shape index (κ3) is 3.86. The highest BCUT2D eigenvalue weighted by Gasteiger charge is 2.14. The van der Waals surface area contributed by atoms with E-state index in [1.54, 1.807) is 43.0 Å². The van der Waals surface area contributed by atoms with E-state index in [-0.39, 0.29) is 11.1 Å². The quantitative estimate of drug-likeness (QED) is 0.337. The lowest BCUT2D eigenvalue weighted by Gasteiger charge is -2.14. The van der Waals surface area contributed by atoms with Crippen LogP contribution in [-0.2, 0) is 24.1 Å². The number of nitrogens with zero attached hydrogens (tertiary/aromatic N) is 4. The Morgan fingerprint density at radius 3 is 2.60 bits per heavy atom. The molecule has 0 N–H and O–H groups in total. The zero-order valence-electron chi connectivity index (χ0n) is 16.5. The number of hydrogen-bond acceptors (Lipinski definition) is 6. The molecule has 0 spiro atoms. The van der Waals surface area contributed by atoms with E-state index in [1.165, 1.54) is 16.3 Å². The average molecular weight is 443 g/mol. The van der Waals surface area contributed by atoms with Crippen molar-refractivity contribution in [1.29, 1.82) is 0 Å². The van der Waals surface area contributed by atoms with E-state index in [0.717, 1.165) is 0 Å². The Kier molecular flexibility index (Phi) is 5.90. The minimum absolute atomic E-state index is 0.105. The molecule has 7 nitrogen and oxygen atoms in total. The molecule has 0 aliphatic carbocycles. The fourth-order valence-electron chi connectivity index (χ4n) is 3.19. The van der Waals surface area contributed by atoms with Crippen LogP contribution in [0.4, 0.5) is 0 Å². The van der Waals surface area contributed by atoms with Gasteiger partial charge in [-0.25, -0.2) is 9.97 Å². The first-order valence-electron chi connectivity index (χ1n) is 9.26. The number of hydrogen-bond donors (Lipinski definition) is 0. The molecule has 9 heteroatoms. The minimum Gasteiger partial charge on any atom is -0.383 e. The fourth-order valence-corrected chi connectivity index (χ4v) is 4.36. The Bertz CT molecular complexity index is 1370. The van der Waals surface area contributed by atoms with Gasteiger partial charge in [0.15, 0.2) is 5.16 Å². The predicted octanol–water partition coefficient (Wildman–Crippen LogP) is 3.24. The zero-order valence-corrected chi connectivity index (χ0v) is 18.0. The van der Waals surface area contributed by atoms with Gasteiger partial charge in [0.1, 0.15) is 5.82 Å². The van der Waals surface area contributed by atoms with Gasteiger partial charge >= 0.3 is 0 Å². The van der Waals surface area contributed by atoms with E-state index in [1.807, 2.05) is 18.2 Å². The number of halogens is 1. The highest BCUT2D eigenvalue weighted by molar-refractivity contribution is 7.98. The fraction of sp³-hybridized carbons (Fsp3) is 0.238. The smallest absolute Gasteiger partial charge is 0.262 e. The van der Waals surface area contributed by atoms with Crippen LogP contribution in [0, 0.1) is 0 Å². The number of fused-ring (bicyclic) bond motifs is 2. The molecule has 2 aromatic carbocycles. The van der Waals surface area contributed by atoms with Crippen molar-refractivity contribution in [3.05, 3.63) is 74.0 Å². The van der Waals surface area contributed by atoms with Crippen LogP contribution >= 0.6 is 23.4 Å². The lowest BCUT2D eigenvalue weighted by molar-refractivity contribution is 0.183. The Hall–Kier alpha value is -2.68. The number of rotatable bonds is 6. The maximum absolute atomic E-state index is 13.0.